The van der Waals surface area contributed by atoms with Gasteiger partial charge in [-0.1, -0.05) is 17.5 Å². The minimum atomic E-state index is -0.335. The number of halogens is 1. The van der Waals surface area contributed by atoms with Crippen LogP contribution >= 0.6 is 11.6 Å². The summed E-state index contributed by atoms with van der Waals surface area (Å²) < 4.78 is 5.42. The van der Waals surface area contributed by atoms with Crippen LogP contribution in [-0.4, -0.2) is 30.9 Å². The van der Waals surface area contributed by atoms with Gasteiger partial charge in [-0.15, -0.1) is 6.42 Å². The average Bonchev–Trinajstić information content (AvgIpc) is 2.89. The number of carbonyl (C=O) groups is 3. The minimum absolute atomic E-state index is 0.0624. The first-order valence-corrected chi connectivity index (χ1v) is 8.71. The maximum atomic E-state index is 12.8. The summed E-state index contributed by atoms with van der Waals surface area (Å²) in [5.74, 6) is 1.86. The van der Waals surface area contributed by atoms with Crippen molar-refractivity contribution in [3.63, 3.8) is 0 Å². The minimum Gasteiger partial charge on any atom is -0.482 e. The maximum Gasteiger partial charge on any atom is 0.265 e. The number of benzene rings is 1. The lowest BCUT2D eigenvalue weighted by atomic mass is 9.93. The Balaban J connectivity index is 1.79. The summed E-state index contributed by atoms with van der Waals surface area (Å²) in [6, 6.07) is 3.04. The van der Waals surface area contributed by atoms with Crippen LogP contribution < -0.4 is 14.5 Å². The van der Waals surface area contributed by atoms with E-state index in [0.29, 0.717) is 35.4 Å². The van der Waals surface area contributed by atoms with Crippen LogP contribution in [0.15, 0.2) is 23.3 Å². The SMILES string of the molecule is C#CCN1C(=O)COc2cc(Cl)c(N3C(=O)C4=C(CCCC4)C3=O)cc21. The lowest BCUT2D eigenvalue weighted by molar-refractivity contribution is -0.121. The number of imide groups is 1. The Morgan fingerprint density at radius 2 is 1.73 bits per heavy atom. The Bertz CT molecular complexity index is 900. The summed E-state index contributed by atoms with van der Waals surface area (Å²) in [6.45, 7) is -0.0747. The molecular formula is C19H15ClN2O4. The van der Waals surface area contributed by atoms with Gasteiger partial charge in [0, 0.05) is 17.2 Å². The van der Waals surface area contributed by atoms with Crippen LogP contribution in [0.5, 0.6) is 5.75 Å². The van der Waals surface area contributed by atoms with Gasteiger partial charge in [0.2, 0.25) is 0 Å². The molecule has 7 heteroatoms. The first-order chi connectivity index (χ1) is 12.5. The van der Waals surface area contributed by atoms with Crippen LogP contribution in [0, 0.1) is 12.3 Å². The summed E-state index contributed by atoms with van der Waals surface area (Å²) in [7, 11) is 0. The second kappa shape index (κ2) is 6.19. The number of fused-ring (bicyclic) bond motifs is 1. The first-order valence-electron chi connectivity index (χ1n) is 8.34. The molecule has 0 fully saturated rings. The molecule has 1 aromatic carbocycles. The zero-order valence-corrected chi connectivity index (χ0v) is 14.6. The fourth-order valence-electron chi connectivity index (χ4n) is 3.61. The van der Waals surface area contributed by atoms with Crippen molar-refractivity contribution in [2.24, 2.45) is 0 Å². The van der Waals surface area contributed by atoms with Gasteiger partial charge in [-0.25, -0.2) is 4.90 Å². The molecule has 6 nitrogen and oxygen atoms in total. The van der Waals surface area contributed by atoms with Gasteiger partial charge in [0.25, 0.3) is 17.7 Å². The molecule has 0 unspecified atom stereocenters. The summed E-state index contributed by atoms with van der Waals surface area (Å²) in [6.07, 6.45) is 8.34. The van der Waals surface area contributed by atoms with Crippen molar-refractivity contribution in [2.45, 2.75) is 25.7 Å². The van der Waals surface area contributed by atoms with E-state index in [1.807, 2.05) is 0 Å². The molecule has 1 aliphatic carbocycles. The predicted octanol–water partition coefficient (Wildman–Crippen LogP) is 2.44. The molecule has 0 saturated carbocycles. The van der Waals surface area contributed by atoms with Gasteiger partial charge in [0.1, 0.15) is 5.75 Å². The quantitative estimate of drug-likeness (QED) is 0.592. The molecule has 0 spiro atoms. The smallest absolute Gasteiger partial charge is 0.265 e. The molecule has 1 aromatic rings. The largest absolute Gasteiger partial charge is 0.482 e. The Hall–Kier alpha value is -2.78. The fraction of sp³-hybridized carbons (Fsp3) is 0.316. The van der Waals surface area contributed by atoms with Crippen LogP contribution in [0.1, 0.15) is 25.7 Å². The zero-order chi connectivity index (χ0) is 18.4. The summed E-state index contributed by atoms with van der Waals surface area (Å²) >= 11 is 6.34. The molecular weight excluding hydrogens is 356 g/mol. The molecule has 132 valence electrons. The lowest BCUT2D eigenvalue weighted by Crippen LogP contribution is -2.39. The van der Waals surface area contributed by atoms with Gasteiger partial charge in [-0.3, -0.25) is 19.3 Å². The standard InChI is InChI=1S/C19H15ClN2O4/c1-2-7-21-15-9-14(13(20)8-16(15)26-10-17(21)23)22-18(24)11-5-3-4-6-12(11)19(22)25/h1,8-9H,3-7,10H2. The van der Waals surface area contributed by atoms with Crippen molar-refractivity contribution in [1.82, 2.24) is 0 Å². The van der Waals surface area contributed by atoms with Gasteiger partial charge in [-0.2, -0.15) is 0 Å². The van der Waals surface area contributed by atoms with E-state index in [2.05, 4.69) is 5.92 Å². The fourth-order valence-corrected chi connectivity index (χ4v) is 3.84. The normalized spacial score (nSPS) is 19.3. The third kappa shape index (κ3) is 2.39. The molecule has 0 radical (unpaired) electrons. The average molecular weight is 371 g/mol. The van der Waals surface area contributed by atoms with E-state index < -0.39 is 0 Å². The van der Waals surface area contributed by atoms with E-state index in [1.165, 1.54) is 17.0 Å². The maximum absolute atomic E-state index is 12.8. The number of carbonyl (C=O) groups excluding carboxylic acids is 3. The molecule has 0 atom stereocenters. The lowest BCUT2D eigenvalue weighted by Gasteiger charge is -2.29. The van der Waals surface area contributed by atoms with Crippen molar-refractivity contribution >= 4 is 40.7 Å². The Kier molecular flexibility index (Phi) is 3.97. The van der Waals surface area contributed by atoms with Gasteiger partial charge < -0.3 is 4.74 Å². The highest BCUT2D eigenvalue weighted by molar-refractivity contribution is 6.39. The second-order valence-corrected chi connectivity index (χ2v) is 6.76. The van der Waals surface area contributed by atoms with Crippen LogP contribution in [0.3, 0.4) is 0 Å². The second-order valence-electron chi connectivity index (χ2n) is 6.35. The van der Waals surface area contributed by atoms with Crippen molar-refractivity contribution < 1.29 is 19.1 Å². The summed E-state index contributed by atoms with van der Waals surface area (Å²) in [4.78, 5) is 40.2. The number of nitrogens with zero attached hydrogens (tertiary/aromatic N) is 2. The molecule has 26 heavy (non-hydrogen) atoms. The highest BCUT2D eigenvalue weighted by Gasteiger charge is 2.41. The van der Waals surface area contributed by atoms with Crippen LogP contribution in [0.4, 0.5) is 11.4 Å². The number of amides is 3. The van der Waals surface area contributed by atoms with E-state index in [4.69, 9.17) is 22.8 Å². The molecule has 0 saturated heterocycles. The van der Waals surface area contributed by atoms with Gasteiger partial charge in [0.15, 0.2) is 6.61 Å². The number of anilines is 2. The molecule has 4 rings (SSSR count). The van der Waals surface area contributed by atoms with Crippen LogP contribution in [0.25, 0.3) is 0 Å². The molecule has 0 aromatic heterocycles. The number of ether oxygens (including phenoxy) is 1. The Labute approximate surface area is 155 Å². The highest BCUT2D eigenvalue weighted by atomic mass is 35.5. The van der Waals surface area contributed by atoms with E-state index >= 15 is 0 Å². The Morgan fingerprint density at radius 3 is 2.35 bits per heavy atom. The third-order valence-electron chi connectivity index (χ3n) is 4.85. The third-order valence-corrected chi connectivity index (χ3v) is 5.15. The summed E-state index contributed by atoms with van der Waals surface area (Å²) in [5.41, 5.74) is 1.80. The van der Waals surface area contributed by atoms with E-state index in [0.717, 1.165) is 17.7 Å². The van der Waals surface area contributed by atoms with Gasteiger partial charge in [-0.05, 0) is 31.7 Å². The van der Waals surface area contributed by atoms with E-state index in [1.54, 1.807) is 0 Å². The van der Waals surface area contributed by atoms with Crippen molar-refractivity contribution in [1.29, 1.82) is 0 Å². The number of terminal acetylenes is 1. The molecule has 0 bridgehead atoms. The van der Waals surface area contributed by atoms with Gasteiger partial charge in [0.05, 0.1) is 22.9 Å². The first kappa shape index (κ1) is 16.7. The molecule has 2 heterocycles. The predicted molar refractivity (Wildman–Crippen MR) is 96.1 cm³/mol. The van der Waals surface area contributed by atoms with Crippen LogP contribution in [0.2, 0.25) is 5.02 Å². The van der Waals surface area contributed by atoms with Crippen molar-refractivity contribution in [2.75, 3.05) is 23.0 Å². The number of hydrogen-bond donors (Lipinski definition) is 0. The van der Waals surface area contributed by atoms with Crippen LogP contribution in [-0.2, 0) is 14.4 Å². The number of rotatable bonds is 2. The van der Waals surface area contributed by atoms with Crippen molar-refractivity contribution in [3.8, 4) is 18.1 Å². The summed E-state index contributed by atoms with van der Waals surface area (Å²) in [5, 5.41) is 0.209. The van der Waals surface area contributed by atoms with E-state index in [-0.39, 0.29) is 41.6 Å². The zero-order valence-electron chi connectivity index (χ0n) is 13.9. The van der Waals surface area contributed by atoms with Gasteiger partial charge >= 0.3 is 0 Å². The Morgan fingerprint density at radius 1 is 1.08 bits per heavy atom. The molecule has 2 aliphatic heterocycles. The topological polar surface area (TPSA) is 66.9 Å². The van der Waals surface area contributed by atoms with E-state index in [9.17, 15) is 14.4 Å². The molecule has 0 N–H and O–H groups in total. The highest BCUT2D eigenvalue weighted by Crippen LogP contribution is 2.44. The monoisotopic (exact) mass is 370 g/mol. The molecule has 3 amide bonds. The molecule has 3 aliphatic rings. The van der Waals surface area contributed by atoms with Crippen molar-refractivity contribution in [3.05, 3.63) is 28.3 Å². The number of hydrogen-bond acceptors (Lipinski definition) is 4.